The van der Waals surface area contributed by atoms with E-state index in [1.165, 1.54) is 36.4 Å². The molecular weight excluding hydrogens is 338 g/mol. The maximum Gasteiger partial charge on any atom is 0.170 e. The van der Waals surface area contributed by atoms with Crippen molar-refractivity contribution >= 4 is 33.3 Å². The molecule has 0 saturated heterocycles. The summed E-state index contributed by atoms with van der Waals surface area (Å²) in [7, 11) is 0. The van der Waals surface area contributed by atoms with Crippen LogP contribution >= 0.6 is 27.5 Å². The van der Waals surface area contributed by atoms with Crippen LogP contribution in [-0.4, -0.2) is 5.78 Å². The smallest absolute Gasteiger partial charge is 0.170 e. The first-order valence-corrected chi connectivity index (χ1v) is 6.57. The normalized spacial score (nSPS) is 10.5. The predicted molar refractivity (Wildman–Crippen MR) is 73.5 cm³/mol. The fraction of sp³-hybridized carbons (Fsp3) is 0.0714. The summed E-state index contributed by atoms with van der Waals surface area (Å²) >= 11 is 8.66. The van der Waals surface area contributed by atoms with Crippen molar-refractivity contribution in [3.63, 3.8) is 0 Å². The van der Waals surface area contributed by atoms with E-state index in [1.54, 1.807) is 0 Å². The van der Waals surface area contributed by atoms with E-state index in [0.717, 1.165) is 0 Å². The van der Waals surface area contributed by atoms with Crippen LogP contribution in [0.2, 0.25) is 5.02 Å². The second kappa shape index (κ2) is 5.80. The molecule has 0 saturated carbocycles. The molecule has 0 aliphatic rings. The SMILES string of the molecule is O=C(Cc1ccc(F)c(Br)c1)c1cccc(Cl)c1F. The van der Waals surface area contributed by atoms with Crippen molar-refractivity contribution in [1.82, 2.24) is 0 Å². The van der Waals surface area contributed by atoms with Crippen LogP contribution in [0.5, 0.6) is 0 Å². The standard InChI is InChI=1S/C14H8BrClF2O/c15-10-6-8(4-5-12(10)17)7-13(19)9-2-1-3-11(16)14(9)18/h1-6H,7H2. The van der Waals surface area contributed by atoms with Crippen molar-refractivity contribution in [2.24, 2.45) is 0 Å². The molecule has 98 valence electrons. The van der Waals surface area contributed by atoms with Gasteiger partial charge >= 0.3 is 0 Å². The third-order valence-corrected chi connectivity index (χ3v) is 3.50. The Morgan fingerprint density at radius 2 is 1.95 bits per heavy atom. The zero-order valence-electron chi connectivity index (χ0n) is 9.59. The van der Waals surface area contributed by atoms with Gasteiger partial charge in [0.15, 0.2) is 11.6 Å². The number of hydrogen-bond acceptors (Lipinski definition) is 1. The first-order chi connectivity index (χ1) is 8.99. The summed E-state index contributed by atoms with van der Waals surface area (Å²) in [4.78, 5) is 12.0. The van der Waals surface area contributed by atoms with Crippen LogP contribution in [0, 0.1) is 11.6 Å². The Balaban J connectivity index is 2.26. The molecule has 0 N–H and O–H groups in total. The first kappa shape index (κ1) is 14.2. The van der Waals surface area contributed by atoms with Gasteiger partial charge < -0.3 is 0 Å². The highest BCUT2D eigenvalue weighted by molar-refractivity contribution is 9.10. The molecule has 2 rings (SSSR count). The van der Waals surface area contributed by atoms with Gasteiger partial charge in [0.05, 0.1) is 15.1 Å². The van der Waals surface area contributed by atoms with Crippen LogP contribution in [0.1, 0.15) is 15.9 Å². The maximum absolute atomic E-state index is 13.7. The fourth-order valence-electron chi connectivity index (χ4n) is 1.65. The van der Waals surface area contributed by atoms with Crippen LogP contribution in [-0.2, 0) is 6.42 Å². The molecule has 0 amide bonds. The Morgan fingerprint density at radius 1 is 1.21 bits per heavy atom. The van der Waals surface area contributed by atoms with Gasteiger partial charge in [-0.3, -0.25) is 4.79 Å². The van der Waals surface area contributed by atoms with Crippen LogP contribution in [0.15, 0.2) is 40.9 Å². The van der Waals surface area contributed by atoms with E-state index in [1.807, 2.05) is 0 Å². The molecule has 0 aliphatic heterocycles. The molecule has 2 aromatic carbocycles. The highest BCUT2D eigenvalue weighted by Crippen LogP contribution is 2.21. The lowest BCUT2D eigenvalue weighted by molar-refractivity contribution is 0.0989. The molecule has 0 heterocycles. The molecule has 2 aromatic rings. The Kier molecular flexibility index (Phi) is 4.32. The van der Waals surface area contributed by atoms with Gasteiger partial charge in [0.1, 0.15) is 5.82 Å². The molecule has 0 unspecified atom stereocenters. The molecular formula is C14H8BrClF2O. The van der Waals surface area contributed by atoms with Gasteiger partial charge in [-0.15, -0.1) is 0 Å². The van der Waals surface area contributed by atoms with Crippen molar-refractivity contribution in [2.45, 2.75) is 6.42 Å². The summed E-state index contributed by atoms with van der Waals surface area (Å²) in [6.07, 6.45) is -0.0177. The van der Waals surface area contributed by atoms with E-state index in [0.29, 0.717) is 5.56 Å². The van der Waals surface area contributed by atoms with Gasteiger partial charge in [0, 0.05) is 6.42 Å². The van der Waals surface area contributed by atoms with Crippen molar-refractivity contribution in [3.05, 3.63) is 68.7 Å². The Bertz CT molecular complexity index is 643. The number of halogens is 4. The second-order valence-electron chi connectivity index (χ2n) is 3.95. The predicted octanol–water partition coefficient (Wildman–Crippen LogP) is 4.81. The molecule has 1 nitrogen and oxygen atoms in total. The Morgan fingerprint density at radius 3 is 2.63 bits per heavy atom. The second-order valence-corrected chi connectivity index (χ2v) is 5.21. The van der Waals surface area contributed by atoms with Gasteiger partial charge in [0.25, 0.3) is 0 Å². The van der Waals surface area contributed by atoms with Crippen LogP contribution in [0.25, 0.3) is 0 Å². The number of benzene rings is 2. The average molecular weight is 346 g/mol. The van der Waals surface area contributed by atoms with E-state index in [-0.39, 0.29) is 21.5 Å². The Labute approximate surface area is 122 Å². The van der Waals surface area contributed by atoms with Crippen LogP contribution in [0.3, 0.4) is 0 Å². The summed E-state index contributed by atoms with van der Waals surface area (Å²) in [5, 5.41) is -0.0915. The van der Waals surface area contributed by atoms with Gasteiger partial charge in [-0.2, -0.15) is 0 Å². The first-order valence-electron chi connectivity index (χ1n) is 5.40. The van der Waals surface area contributed by atoms with E-state index in [9.17, 15) is 13.6 Å². The van der Waals surface area contributed by atoms with Crippen molar-refractivity contribution in [3.8, 4) is 0 Å². The summed E-state index contributed by atoms with van der Waals surface area (Å²) < 4.78 is 27.0. The number of rotatable bonds is 3. The summed E-state index contributed by atoms with van der Waals surface area (Å²) in [6.45, 7) is 0. The van der Waals surface area contributed by atoms with E-state index in [2.05, 4.69) is 15.9 Å². The number of ketones is 1. The third-order valence-electron chi connectivity index (χ3n) is 2.60. The number of carbonyl (C=O) groups excluding carboxylic acids is 1. The molecule has 0 aromatic heterocycles. The summed E-state index contributed by atoms with van der Waals surface area (Å²) in [5.74, 6) is -1.54. The highest BCUT2D eigenvalue weighted by Gasteiger charge is 2.15. The summed E-state index contributed by atoms with van der Waals surface area (Å²) in [5.41, 5.74) is 0.533. The fourth-order valence-corrected chi connectivity index (χ4v) is 2.25. The number of hydrogen-bond donors (Lipinski definition) is 0. The quantitative estimate of drug-likeness (QED) is 0.730. The van der Waals surface area contributed by atoms with E-state index >= 15 is 0 Å². The minimum atomic E-state index is -0.727. The molecule has 0 atom stereocenters. The minimum absolute atomic E-state index is 0.0177. The van der Waals surface area contributed by atoms with Crippen molar-refractivity contribution in [2.75, 3.05) is 0 Å². The van der Waals surface area contributed by atoms with Crippen molar-refractivity contribution in [1.29, 1.82) is 0 Å². The molecule has 0 aliphatic carbocycles. The van der Waals surface area contributed by atoms with E-state index in [4.69, 9.17) is 11.6 Å². The lowest BCUT2D eigenvalue weighted by Gasteiger charge is -2.05. The van der Waals surface area contributed by atoms with Gasteiger partial charge in [-0.25, -0.2) is 8.78 Å². The molecule has 19 heavy (non-hydrogen) atoms. The van der Waals surface area contributed by atoms with Crippen molar-refractivity contribution < 1.29 is 13.6 Å². The summed E-state index contributed by atoms with van der Waals surface area (Å²) in [6, 6.07) is 8.50. The number of carbonyl (C=O) groups is 1. The topological polar surface area (TPSA) is 17.1 Å². The monoisotopic (exact) mass is 344 g/mol. The van der Waals surface area contributed by atoms with Gasteiger partial charge in [0.2, 0.25) is 0 Å². The molecule has 0 radical (unpaired) electrons. The lowest BCUT2D eigenvalue weighted by Crippen LogP contribution is -2.06. The van der Waals surface area contributed by atoms with E-state index < -0.39 is 17.4 Å². The van der Waals surface area contributed by atoms with Crippen LogP contribution < -0.4 is 0 Å². The zero-order valence-corrected chi connectivity index (χ0v) is 11.9. The minimum Gasteiger partial charge on any atom is -0.294 e. The third kappa shape index (κ3) is 3.19. The molecule has 0 fully saturated rings. The number of Topliss-reactive ketones (excluding diaryl/α,β-unsaturated/α-hetero) is 1. The highest BCUT2D eigenvalue weighted by atomic mass is 79.9. The molecule has 0 bridgehead atoms. The lowest BCUT2D eigenvalue weighted by atomic mass is 10.0. The average Bonchev–Trinajstić information content (AvgIpc) is 2.37. The van der Waals surface area contributed by atoms with Gasteiger partial charge in [-0.1, -0.05) is 23.7 Å². The molecule has 5 heteroatoms. The van der Waals surface area contributed by atoms with Crippen LogP contribution in [0.4, 0.5) is 8.78 Å². The molecule has 0 spiro atoms. The van der Waals surface area contributed by atoms with Gasteiger partial charge in [-0.05, 0) is 45.8 Å². The largest absolute Gasteiger partial charge is 0.294 e. The maximum atomic E-state index is 13.7. The Hall–Kier alpha value is -1.26. The zero-order chi connectivity index (χ0) is 14.0.